The summed E-state index contributed by atoms with van der Waals surface area (Å²) < 4.78 is 33.5. The molecule has 0 aliphatic rings. The maximum absolute atomic E-state index is 12.0. The van der Waals surface area contributed by atoms with E-state index in [2.05, 4.69) is 4.74 Å². The molecule has 0 fully saturated rings. The average molecular weight is 261 g/mol. The van der Waals surface area contributed by atoms with Gasteiger partial charge in [-0.05, 0) is 0 Å². The van der Waals surface area contributed by atoms with Crippen molar-refractivity contribution < 1.29 is 28.0 Å². The smallest absolute Gasteiger partial charge is 0.283 e. The van der Waals surface area contributed by atoms with Gasteiger partial charge in [0.15, 0.2) is 17.8 Å². The number of nitrogens with zero attached hydrogens (tertiary/aromatic N) is 1. The lowest BCUT2D eigenvalue weighted by Crippen LogP contribution is -2.08. The summed E-state index contributed by atoms with van der Waals surface area (Å²) in [5.74, 6) is -0.238. The second-order valence-electron chi connectivity index (χ2n) is 3.14. The number of ether oxygens (including phenoxy) is 2. The van der Waals surface area contributed by atoms with Gasteiger partial charge in [0.2, 0.25) is 0 Å². The highest BCUT2D eigenvalue weighted by atomic mass is 19.3. The van der Waals surface area contributed by atoms with Gasteiger partial charge in [-0.1, -0.05) is 0 Å². The van der Waals surface area contributed by atoms with E-state index in [1.807, 2.05) is 0 Å². The van der Waals surface area contributed by atoms with Crippen molar-refractivity contribution in [2.75, 3.05) is 13.7 Å². The summed E-state index contributed by atoms with van der Waals surface area (Å²) in [6, 6.07) is 1.94. The lowest BCUT2D eigenvalue weighted by Gasteiger charge is -2.10. The van der Waals surface area contributed by atoms with E-state index in [0.717, 1.165) is 12.1 Å². The molecule has 8 heteroatoms. The molecule has 0 spiro atoms. The third-order valence-electron chi connectivity index (χ3n) is 2.00. The molecule has 0 amide bonds. The molecule has 0 aliphatic heterocycles. The highest BCUT2D eigenvalue weighted by Gasteiger charge is 2.20. The van der Waals surface area contributed by atoms with Crippen LogP contribution < -0.4 is 9.47 Å². The number of methoxy groups -OCH3 is 1. The van der Waals surface area contributed by atoms with Crippen molar-refractivity contribution >= 4 is 12.0 Å². The molecule has 0 saturated heterocycles. The number of carbonyl (C=O) groups is 1. The molecular formula is C10H9F2NO5. The number of hydrogen-bond acceptors (Lipinski definition) is 5. The second kappa shape index (κ2) is 5.89. The van der Waals surface area contributed by atoms with Crippen LogP contribution in [0.5, 0.6) is 11.5 Å². The van der Waals surface area contributed by atoms with Crippen LogP contribution >= 0.6 is 0 Å². The molecule has 6 nitrogen and oxygen atoms in total. The number of benzene rings is 1. The molecule has 1 aromatic rings. The molecule has 0 aromatic heterocycles. The fraction of sp³-hybridized carbons (Fsp3) is 0.300. The molecule has 98 valence electrons. The van der Waals surface area contributed by atoms with Crippen molar-refractivity contribution in [3.8, 4) is 11.5 Å². The zero-order valence-electron chi connectivity index (χ0n) is 9.26. The number of nitro benzene ring substituents is 1. The van der Waals surface area contributed by atoms with Crippen LogP contribution in [0, 0.1) is 10.1 Å². The van der Waals surface area contributed by atoms with E-state index >= 15 is 0 Å². The Morgan fingerprint density at radius 3 is 2.56 bits per heavy atom. The first kappa shape index (κ1) is 13.8. The van der Waals surface area contributed by atoms with Crippen molar-refractivity contribution in [1.82, 2.24) is 0 Å². The van der Waals surface area contributed by atoms with E-state index in [4.69, 9.17) is 4.74 Å². The number of halogens is 2. The van der Waals surface area contributed by atoms with Gasteiger partial charge in [-0.15, -0.1) is 0 Å². The minimum Gasteiger partial charge on any atom is -0.493 e. The van der Waals surface area contributed by atoms with E-state index in [-0.39, 0.29) is 23.3 Å². The number of aldehydes is 1. The van der Waals surface area contributed by atoms with Crippen molar-refractivity contribution in [3.05, 3.63) is 27.8 Å². The zero-order valence-corrected chi connectivity index (χ0v) is 9.26. The molecule has 0 N–H and O–H groups in total. The van der Waals surface area contributed by atoms with Crippen LogP contribution in [-0.4, -0.2) is 31.4 Å². The van der Waals surface area contributed by atoms with Crippen LogP contribution in [0.15, 0.2) is 12.1 Å². The van der Waals surface area contributed by atoms with Crippen LogP contribution in [0.2, 0.25) is 0 Å². The van der Waals surface area contributed by atoms with Gasteiger partial charge in [-0.3, -0.25) is 14.9 Å². The SMILES string of the molecule is COc1cc(C=O)c([N+](=O)[O-])cc1OCC(F)F. The van der Waals surface area contributed by atoms with Gasteiger partial charge in [0, 0.05) is 6.07 Å². The minimum absolute atomic E-state index is 0.0247. The van der Waals surface area contributed by atoms with Gasteiger partial charge in [0.1, 0.15) is 6.61 Å². The van der Waals surface area contributed by atoms with Crippen molar-refractivity contribution in [3.63, 3.8) is 0 Å². The Kier molecular flexibility index (Phi) is 4.52. The molecule has 1 aromatic carbocycles. The lowest BCUT2D eigenvalue weighted by atomic mass is 10.1. The molecule has 0 aliphatic carbocycles. The number of carbonyl (C=O) groups excluding carboxylic acids is 1. The first-order valence-electron chi connectivity index (χ1n) is 4.72. The Labute approximate surface area is 100 Å². The molecule has 0 bridgehead atoms. The Morgan fingerprint density at radius 2 is 2.11 bits per heavy atom. The summed E-state index contributed by atoms with van der Waals surface area (Å²) in [6.07, 6.45) is -2.45. The van der Waals surface area contributed by atoms with Crippen molar-refractivity contribution in [2.45, 2.75) is 6.43 Å². The maximum Gasteiger partial charge on any atom is 0.283 e. The van der Waals surface area contributed by atoms with Crippen LogP contribution in [0.4, 0.5) is 14.5 Å². The van der Waals surface area contributed by atoms with E-state index in [1.165, 1.54) is 7.11 Å². The molecule has 18 heavy (non-hydrogen) atoms. The largest absolute Gasteiger partial charge is 0.493 e. The van der Waals surface area contributed by atoms with Crippen LogP contribution in [0.25, 0.3) is 0 Å². The van der Waals surface area contributed by atoms with Gasteiger partial charge in [0.25, 0.3) is 12.1 Å². The third kappa shape index (κ3) is 3.12. The molecule has 0 radical (unpaired) electrons. The van der Waals surface area contributed by atoms with Crippen LogP contribution in [0.1, 0.15) is 10.4 Å². The summed E-state index contributed by atoms with van der Waals surface area (Å²) in [5.41, 5.74) is -0.753. The summed E-state index contributed by atoms with van der Waals surface area (Å²) in [4.78, 5) is 20.5. The molecule has 1 rings (SSSR count). The highest BCUT2D eigenvalue weighted by molar-refractivity contribution is 5.83. The number of rotatable bonds is 6. The van der Waals surface area contributed by atoms with Crippen LogP contribution in [-0.2, 0) is 0 Å². The molecular weight excluding hydrogens is 252 g/mol. The maximum atomic E-state index is 12.0. The van der Waals surface area contributed by atoms with E-state index in [1.54, 1.807) is 0 Å². The first-order valence-corrected chi connectivity index (χ1v) is 4.72. The fourth-order valence-electron chi connectivity index (χ4n) is 1.24. The Morgan fingerprint density at radius 1 is 1.44 bits per heavy atom. The van der Waals surface area contributed by atoms with Crippen LogP contribution in [0.3, 0.4) is 0 Å². The van der Waals surface area contributed by atoms with Crippen molar-refractivity contribution in [2.24, 2.45) is 0 Å². The first-order chi connectivity index (χ1) is 8.49. The van der Waals surface area contributed by atoms with Gasteiger partial charge >= 0.3 is 0 Å². The van der Waals surface area contributed by atoms with Gasteiger partial charge in [-0.25, -0.2) is 8.78 Å². The van der Waals surface area contributed by atoms with Gasteiger partial charge < -0.3 is 9.47 Å². The standard InChI is InChI=1S/C10H9F2NO5/c1-17-8-2-6(4-14)7(13(15)16)3-9(8)18-5-10(11)12/h2-4,10H,5H2,1H3. The summed E-state index contributed by atoms with van der Waals surface area (Å²) in [5, 5.41) is 10.7. The number of alkyl halides is 2. The molecule has 0 atom stereocenters. The fourth-order valence-corrected chi connectivity index (χ4v) is 1.24. The molecule has 0 unspecified atom stereocenters. The lowest BCUT2D eigenvalue weighted by molar-refractivity contribution is -0.385. The topological polar surface area (TPSA) is 78.7 Å². The highest BCUT2D eigenvalue weighted by Crippen LogP contribution is 2.34. The molecule has 0 heterocycles. The monoisotopic (exact) mass is 261 g/mol. The van der Waals surface area contributed by atoms with E-state index < -0.39 is 23.6 Å². The zero-order chi connectivity index (χ0) is 13.7. The van der Waals surface area contributed by atoms with Crippen molar-refractivity contribution in [1.29, 1.82) is 0 Å². The minimum atomic E-state index is -2.72. The number of nitro groups is 1. The quantitative estimate of drug-likeness (QED) is 0.445. The summed E-state index contributed by atoms with van der Waals surface area (Å²) in [6.45, 7) is -0.923. The Balaban J connectivity index is 3.18. The predicted molar refractivity (Wildman–Crippen MR) is 56.5 cm³/mol. The predicted octanol–water partition coefficient (Wildman–Crippen LogP) is 2.06. The van der Waals surface area contributed by atoms with Gasteiger partial charge in [0.05, 0.1) is 23.7 Å². The number of hydrogen-bond donors (Lipinski definition) is 0. The average Bonchev–Trinajstić information content (AvgIpc) is 2.34. The Bertz CT molecular complexity index is 464. The third-order valence-corrected chi connectivity index (χ3v) is 2.00. The molecule has 0 saturated carbocycles. The normalized spacial score (nSPS) is 10.2. The summed E-state index contributed by atoms with van der Waals surface area (Å²) >= 11 is 0. The van der Waals surface area contributed by atoms with E-state index in [9.17, 15) is 23.7 Å². The van der Waals surface area contributed by atoms with E-state index in [0.29, 0.717) is 0 Å². The second-order valence-corrected chi connectivity index (χ2v) is 3.14. The Hall–Kier alpha value is -2.25. The summed E-state index contributed by atoms with van der Waals surface area (Å²) in [7, 11) is 1.23. The van der Waals surface area contributed by atoms with Gasteiger partial charge in [-0.2, -0.15) is 0 Å².